The van der Waals surface area contributed by atoms with Crippen LogP contribution in [-0.2, 0) is 11.2 Å². The smallest absolute Gasteiger partial charge is 0.322 e. The molecule has 18 heavy (non-hydrogen) atoms. The quantitative estimate of drug-likeness (QED) is 0.689. The van der Waals surface area contributed by atoms with Crippen LogP contribution in [0.5, 0.6) is 5.75 Å². The predicted octanol–water partition coefficient (Wildman–Crippen LogP) is -0.198. The van der Waals surface area contributed by atoms with Gasteiger partial charge in [0.05, 0.1) is 0 Å². The standard InChI is InChI=1S/C12H14N2O4/c13-10(12(17)18)6-14-4-3-7-5-8(15)1-2-9(7)11(14)16/h1-2,5,10,15H,3-4,6,13H2,(H,17,18). The SMILES string of the molecule is NC(CN1CCc2cc(O)ccc2C1=O)C(=O)O. The molecule has 6 heteroatoms. The summed E-state index contributed by atoms with van der Waals surface area (Å²) in [5.41, 5.74) is 6.70. The van der Waals surface area contributed by atoms with Crippen LogP contribution in [0.15, 0.2) is 18.2 Å². The average Bonchev–Trinajstić information content (AvgIpc) is 2.32. The van der Waals surface area contributed by atoms with Gasteiger partial charge >= 0.3 is 5.97 Å². The number of rotatable bonds is 3. The first-order valence-electron chi connectivity index (χ1n) is 5.58. The summed E-state index contributed by atoms with van der Waals surface area (Å²) >= 11 is 0. The van der Waals surface area contributed by atoms with E-state index in [1.807, 2.05) is 0 Å². The summed E-state index contributed by atoms with van der Waals surface area (Å²) in [7, 11) is 0. The van der Waals surface area contributed by atoms with Gasteiger partial charge in [-0.15, -0.1) is 0 Å². The second kappa shape index (κ2) is 4.66. The molecule has 6 nitrogen and oxygen atoms in total. The molecule has 1 aromatic rings. The van der Waals surface area contributed by atoms with Gasteiger partial charge in [-0.1, -0.05) is 0 Å². The van der Waals surface area contributed by atoms with Gasteiger partial charge in [0.15, 0.2) is 0 Å². The Bertz CT molecular complexity index is 501. The zero-order valence-electron chi connectivity index (χ0n) is 9.67. The lowest BCUT2D eigenvalue weighted by Gasteiger charge is -2.29. The third-order valence-corrected chi connectivity index (χ3v) is 2.99. The minimum Gasteiger partial charge on any atom is -0.508 e. The molecule has 0 bridgehead atoms. The van der Waals surface area contributed by atoms with Crippen molar-refractivity contribution in [2.75, 3.05) is 13.1 Å². The van der Waals surface area contributed by atoms with Gasteiger partial charge in [0, 0.05) is 18.7 Å². The number of nitrogens with zero attached hydrogens (tertiary/aromatic N) is 1. The van der Waals surface area contributed by atoms with Crippen molar-refractivity contribution in [3.8, 4) is 5.75 Å². The van der Waals surface area contributed by atoms with Crippen molar-refractivity contribution >= 4 is 11.9 Å². The molecule has 0 spiro atoms. The van der Waals surface area contributed by atoms with Gasteiger partial charge in [0.1, 0.15) is 11.8 Å². The van der Waals surface area contributed by atoms with Crippen molar-refractivity contribution < 1.29 is 19.8 Å². The van der Waals surface area contributed by atoms with Gasteiger partial charge in [-0.05, 0) is 30.2 Å². The minimum absolute atomic E-state index is 0.00547. The van der Waals surface area contributed by atoms with Crippen LogP contribution in [0.1, 0.15) is 15.9 Å². The molecule has 1 amide bonds. The molecule has 96 valence electrons. The van der Waals surface area contributed by atoms with Crippen molar-refractivity contribution in [3.63, 3.8) is 0 Å². The maximum Gasteiger partial charge on any atom is 0.322 e. The third-order valence-electron chi connectivity index (χ3n) is 2.99. The fraction of sp³-hybridized carbons (Fsp3) is 0.333. The zero-order valence-corrected chi connectivity index (χ0v) is 9.67. The van der Waals surface area contributed by atoms with Crippen molar-refractivity contribution in [2.24, 2.45) is 5.73 Å². The number of phenolic OH excluding ortho intramolecular Hbond substituents is 1. The van der Waals surface area contributed by atoms with Crippen LogP contribution in [-0.4, -0.2) is 46.1 Å². The number of nitrogens with two attached hydrogens (primary N) is 1. The Morgan fingerprint density at radius 3 is 2.89 bits per heavy atom. The highest BCUT2D eigenvalue weighted by atomic mass is 16.4. The summed E-state index contributed by atoms with van der Waals surface area (Å²) in [6.45, 7) is 0.407. The summed E-state index contributed by atoms with van der Waals surface area (Å²) in [6.07, 6.45) is 0.585. The molecule has 4 N–H and O–H groups in total. The highest BCUT2D eigenvalue weighted by Gasteiger charge is 2.27. The van der Waals surface area contributed by atoms with E-state index in [4.69, 9.17) is 10.8 Å². The minimum atomic E-state index is -1.13. The van der Waals surface area contributed by atoms with E-state index in [9.17, 15) is 14.7 Å². The molecule has 0 saturated heterocycles. The molecule has 2 rings (SSSR count). The van der Waals surface area contributed by atoms with Gasteiger partial charge in [-0.2, -0.15) is 0 Å². The number of carbonyl (C=O) groups excluding carboxylic acids is 1. The molecule has 1 atom stereocenters. The lowest BCUT2D eigenvalue weighted by molar-refractivity contribution is -0.138. The number of hydrogen-bond donors (Lipinski definition) is 3. The fourth-order valence-corrected chi connectivity index (χ4v) is 2.01. The number of benzene rings is 1. The highest BCUT2D eigenvalue weighted by Crippen LogP contribution is 2.23. The van der Waals surface area contributed by atoms with E-state index in [0.717, 1.165) is 5.56 Å². The number of fused-ring (bicyclic) bond motifs is 1. The number of aliphatic carboxylic acids is 1. The molecule has 0 radical (unpaired) electrons. The van der Waals surface area contributed by atoms with Crippen molar-refractivity contribution in [3.05, 3.63) is 29.3 Å². The molecule has 1 aliphatic rings. The maximum absolute atomic E-state index is 12.1. The number of aromatic hydroxyl groups is 1. The summed E-state index contributed by atoms with van der Waals surface area (Å²) in [5.74, 6) is -1.25. The summed E-state index contributed by atoms with van der Waals surface area (Å²) in [4.78, 5) is 24.2. The Hall–Kier alpha value is -2.08. The molecule has 1 aliphatic heterocycles. The largest absolute Gasteiger partial charge is 0.508 e. The first-order chi connectivity index (χ1) is 8.49. The van der Waals surface area contributed by atoms with Crippen LogP contribution in [0.2, 0.25) is 0 Å². The Balaban J connectivity index is 2.18. The molecule has 0 saturated carbocycles. The first-order valence-corrected chi connectivity index (χ1v) is 5.58. The lowest BCUT2D eigenvalue weighted by atomic mass is 9.98. The molecule has 0 fully saturated rings. The highest BCUT2D eigenvalue weighted by molar-refractivity contribution is 5.97. The monoisotopic (exact) mass is 250 g/mol. The van der Waals surface area contributed by atoms with Crippen LogP contribution in [0, 0.1) is 0 Å². The van der Waals surface area contributed by atoms with Gasteiger partial charge in [0.25, 0.3) is 5.91 Å². The third kappa shape index (κ3) is 2.28. The van der Waals surface area contributed by atoms with Crippen LogP contribution < -0.4 is 5.73 Å². The van der Waals surface area contributed by atoms with Crippen LogP contribution in [0.25, 0.3) is 0 Å². The predicted molar refractivity (Wildman–Crippen MR) is 63.3 cm³/mol. The van der Waals surface area contributed by atoms with Crippen molar-refractivity contribution in [1.82, 2.24) is 4.90 Å². The molecule has 1 unspecified atom stereocenters. The summed E-state index contributed by atoms with van der Waals surface area (Å²) in [5, 5.41) is 18.1. The van der Waals surface area contributed by atoms with Gasteiger partial charge in [-0.25, -0.2) is 0 Å². The van der Waals surface area contributed by atoms with E-state index in [1.54, 1.807) is 12.1 Å². The molecular weight excluding hydrogens is 236 g/mol. The first kappa shape index (κ1) is 12.4. The number of carboxylic acids is 1. The average molecular weight is 250 g/mol. The Morgan fingerprint density at radius 1 is 1.50 bits per heavy atom. The second-order valence-electron chi connectivity index (χ2n) is 4.29. The Labute approximate surface area is 104 Å². The maximum atomic E-state index is 12.1. The van der Waals surface area contributed by atoms with E-state index >= 15 is 0 Å². The van der Waals surface area contributed by atoms with Crippen molar-refractivity contribution in [2.45, 2.75) is 12.5 Å². The van der Waals surface area contributed by atoms with E-state index < -0.39 is 12.0 Å². The van der Waals surface area contributed by atoms with E-state index in [1.165, 1.54) is 11.0 Å². The number of hydrogen-bond acceptors (Lipinski definition) is 4. The molecule has 1 heterocycles. The molecular formula is C12H14N2O4. The second-order valence-corrected chi connectivity index (χ2v) is 4.29. The number of amides is 1. The van der Waals surface area contributed by atoms with Crippen LogP contribution in [0.3, 0.4) is 0 Å². The Morgan fingerprint density at radius 2 is 2.22 bits per heavy atom. The fourth-order valence-electron chi connectivity index (χ4n) is 2.01. The molecule has 1 aromatic carbocycles. The van der Waals surface area contributed by atoms with Gasteiger partial charge in [-0.3, -0.25) is 9.59 Å². The zero-order chi connectivity index (χ0) is 13.3. The van der Waals surface area contributed by atoms with Crippen molar-refractivity contribution in [1.29, 1.82) is 0 Å². The Kier molecular flexibility index (Phi) is 3.20. The summed E-state index contributed by atoms with van der Waals surface area (Å²) in [6, 6.07) is 3.47. The van der Waals surface area contributed by atoms with Crippen LogP contribution in [0.4, 0.5) is 0 Å². The van der Waals surface area contributed by atoms with E-state index in [2.05, 4.69) is 0 Å². The lowest BCUT2D eigenvalue weighted by Crippen LogP contribution is -2.47. The number of carboxylic acid groups (broad SMARTS) is 1. The number of phenols is 1. The van der Waals surface area contributed by atoms with Gasteiger partial charge in [0.2, 0.25) is 0 Å². The normalized spacial score (nSPS) is 16.3. The molecule has 0 aromatic heterocycles. The number of carbonyl (C=O) groups is 2. The van der Waals surface area contributed by atoms with Crippen LogP contribution >= 0.6 is 0 Å². The molecule has 0 aliphatic carbocycles. The van der Waals surface area contributed by atoms with Gasteiger partial charge < -0.3 is 20.8 Å². The summed E-state index contributed by atoms with van der Waals surface area (Å²) < 4.78 is 0. The van der Waals surface area contributed by atoms with E-state index in [0.29, 0.717) is 18.5 Å². The van der Waals surface area contributed by atoms with E-state index in [-0.39, 0.29) is 18.2 Å². The topological polar surface area (TPSA) is 104 Å².